The summed E-state index contributed by atoms with van der Waals surface area (Å²) in [5.41, 5.74) is 4.70. The monoisotopic (exact) mass is 619 g/mol. The number of aliphatic hydroxyl groups is 1. The van der Waals surface area contributed by atoms with Gasteiger partial charge in [-0.05, 0) is 50.3 Å². The van der Waals surface area contributed by atoms with E-state index in [2.05, 4.69) is 5.32 Å². The Morgan fingerprint density at radius 3 is 2.30 bits per heavy atom. The van der Waals surface area contributed by atoms with E-state index in [9.17, 15) is 32.3 Å². The molecule has 0 spiro atoms. The molecule has 2 aromatic carbocycles. The first-order valence-electron chi connectivity index (χ1n) is 14.7. The van der Waals surface area contributed by atoms with Gasteiger partial charge in [-0.2, -0.15) is 0 Å². The smallest absolute Gasteiger partial charge is 0.249 e. The van der Waals surface area contributed by atoms with Crippen LogP contribution in [0.4, 0.5) is 17.6 Å². The second kappa shape index (κ2) is 15.3. The molecule has 0 aliphatic heterocycles. The maximum Gasteiger partial charge on any atom is 0.249 e. The molecule has 0 radical (unpaired) electrons. The van der Waals surface area contributed by atoms with Crippen LogP contribution in [-0.2, 0) is 22.6 Å². The minimum absolute atomic E-state index is 0.0966. The molecular weight excluding hydrogens is 578 g/mol. The van der Waals surface area contributed by atoms with Crippen LogP contribution in [0.5, 0.6) is 5.75 Å². The van der Waals surface area contributed by atoms with Crippen LogP contribution in [0.3, 0.4) is 0 Å². The van der Waals surface area contributed by atoms with E-state index in [1.807, 2.05) is 19.9 Å². The van der Waals surface area contributed by atoms with Crippen molar-refractivity contribution in [2.24, 2.45) is 17.1 Å². The van der Waals surface area contributed by atoms with Crippen LogP contribution in [0, 0.1) is 34.6 Å². The second-order valence-corrected chi connectivity index (χ2v) is 11.2. The number of rotatable bonds is 15. The average molecular weight is 620 g/mol. The van der Waals surface area contributed by atoms with Gasteiger partial charge in [0, 0.05) is 49.3 Å². The number of ether oxygens (including phenoxy) is 1. The number of hydrogen-bond acceptors (Lipinski definition) is 5. The van der Waals surface area contributed by atoms with Gasteiger partial charge in [0.15, 0.2) is 23.3 Å². The molecule has 2 amide bonds. The van der Waals surface area contributed by atoms with Gasteiger partial charge in [-0.25, -0.2) is 17.6 Å². The lowest BCUT2D eigenvalue weighted by Crippen LogP contribution is -2.52. The number of nitrogens with zero attached hydrogens (tertiary/aromatic N) is 1. The summed E-state index contributed by atoms with van der Waals surface area (Å²) in [5, 5.41) is 14.6. The molecule has 0 heterocycles. The van der Waals surface area contributed by atoms with Crippen LogP contribution in [0.1, 0.15) is 51.2 Å². The molecule has 3 rings (SSSR count). The second-order valence-electron chi connectivity index (χ2n) is 11.2. The van der Waals surface area contributed by atoms with Crippen LogP contribution in [0.25, 0.3) is 0 Å². The minimum atomic E-state index is -1.83. The summed E-state index contributed by atoms with van der Waals surface area (Å²) in [5.74, 6) is -8.56. The van der Waals surface area contributed by atoms with E-state index >= 15 is 0 Å². The van der Waals surface area contributed by atoms with Crippen molar-refractivity contribution >= 4 is 11.8 Å². The van der Waals surface area contributed by atoms with Crippen molar-refractivity contribution in [3.63, 3.8) is 0 Å². The summed E-state index contributed by atoms with van der Waals surface area (Å²) >= 11 is 0. The Morgan fingerprint density at radius 1 is 1.09 bits per heavy atom. The Balaban J connectivity index is 2.05. The normalized spacial score (nSPS) is 17.8. The number of methoxy groups -OCH3 is 1. The van der Waals surface area contributed by atoms with Crippen LogP contribution < -0.4 is 15.8 Å². The maximum absolute atomic E-state index is 15.0. The van der Waals surface area contributed by atoms with Crippen molar-refractivity contribution in [2.75, 3.05) is 26.7 Å². The third kappa shape index (κ3) is 7.87. The SMILES string of the molecule is CCCN(CCC)C(=O)C1=CC(C)=CC(C(N)=O)([C@H](Cc2c(F)c(F)cc(F)c2F)[C@@H](O)CNCc2cccc(OC)c2)C1. The number of benzene rings is 2. The van der Waals surface area contributed by atoms with E-state index in [-0.39, 0.29) is 37.1 Å². The zero-order valence-electron chi connectivity index (χ0n) is 25.6. The van der Waals surface area contributed by atoms with Gasteiger partial charge < -0.3 is 25.8 Å². The number of nitrogens with two attached hydrogens (primary N) is 1. The van der Waals surface area contributed by atoms with Gasteiger partial charge in [0.2, 0.25) is 11.8 Å². The Bertz CT molecular complexity index is 1380. The number of halogens is 4. The fraction of sp³-hybridized carbons (Fsp3) is 0.455. The molecule has 1 aliphatic carbocycles. The third-order valence-corrected chi connectivity index (χ3v) is 7.95. The summed E-state index contributed by atoms with van der Waals surface area (Å²) in [6.07, 6.45) is 1.92. The maximum atomic E-state index is 15.0. The van der Waals surface area contributed by atoms with Crippen LogP contribution in [-0.4, -0.2) is 54.7 Å². The van der Waals surface area contributed by atoms with Gasteiger partial charge >= 0.3 is 0 Å². The number of hydrogen-bond donors (Lipinski definition) is 3. The number of amides is 2. The molecule has 7 nitrogen and oxygen atoms in total. The van der Waals surface area contributed by atoms with E-state index in [4.69, 9.17) is 10.5 Å². The van der Waals surface area contributed by atoms with Crippen molar-refractivity contribution < 1.29 is 37.0 Å². The van der Waals surface area contributed by atoms with Crippen molar-refractivity contribution in [1.29, 1.82) is 0 Å². The number of nitrogens with one attached hydrogen (secondary N) is 1. The van der Waals surface area contributed by atoms with E-state index < -0.39 is 58.6 Å². The lowest BCUT2D eigenvalue weighted by molar-refractivity contribution is -0.132. The molecule has 3 atom stereocenters. The number of allylic oxidation sites excluding steroid dienone is 2. The Hall–Kier alpha value is -3.70. The lowest BCUT2D eigenvalue weighted by atomic mass is 9.63. The number of carbonyl (C=O) groups excluding carboxylic acids is 2. The van der Waals surface area contributed by atoms with Gasteiger partial charge in [-0.3, -0.25) is 9.59 Å². The topological polar surface area (TPSA) is 105 Å². The van der Waals surface area contributed by atoms with Crippen LogP contribution in [0.15, 0.2) is 53.6 Å². The van der Waals surface area contributed by atoms with E-state index in [1.165, 1.54) is 13.2 Å². The zero-order chi connectivity index (χ0) is 32.6. The highest BCUT2D eigenvalue weighted by Gasteiger charge is 2.49. The predicted molar refractivity (Wildman–Crippen MR) is 159 cm³/mol. The lowest BCUT2D eigenvalue weighted by Gasteiger charge is -2.42. The Morgan fingerprint density at radius 2 is 1.73 bits per heavy atom. The molecule has 1 aliphatic rings. The van der Waals surface area contributed by atoms with E-state index in [1.54, 1.807) is 36.1 Å². The third-order valence-electron chi connectivity index (χ3n) is 7.95. The van der Waals surface area contributed by atoms with Crippen molar-refractivity contribution in [3.05, 3.63) is 88.0 Å². The summed E-state index contributed by atoms with van der Waals surface area (Å²) in [7, 11) is 1.52. The first kappa shape index (κ1) is 34.8. The predicted octanol–water partition coefficient (Wildman–Crippen LogP) is 4.96. The Labute approximate surface area is 255 Å². The van der Waals surface area contributed by atoms with Gasteiger partial charge in [0.05, 0.1) is 18.6 Å². The number of primary amides is 1. The molecule has 0 saturated heterocycles. The van der Waals surface area contributed by atoms with Crippen molar-refractivity contribution in [2.45, 2.75) is 59.1 Å². The summed E-state index contributed by atoms with van der Waals surface area (Å²) in [6, 6.07) is 7.23. The van der Waals surface area contributed by atoms with Crippen molar-refractivity contribution in [1.82, 2.24) is 10.2 Å². The largest absolute Gasteiger partial charge is 0.497 e. The number of aliphatic hydroxyl groups excluding tert-OH is 1. The summed E-state index contributed by atoms with van der Waals surface area (Å²) in [6.45, 7) is 6.50. The van der Waals surface area contributed by atoms with Crippen molar-refractivity contribution in [3.8, 4) is 5.75 Å². The quantitative estimate of drug-likeness (QED) is 0.193. The first-order valence-corrected chi connectivity index (χ1v) is 14.7. The molecule has 0 fully saturated rings. The highest BCUT2D eigenvalue weighted by Crippen LogP contribution is 2.45. The fourth-order valence-electron chi connectivity index (χ4n) is 5.89. The van der Waals surface area contributed by atoms with E-state index in [0.717, 1.165) is 5.56 Å². The molecule has 0 saturated carbocycles. The standard InChI is InChI=1S/C33H41F4N3O4/c1-5-10-40(11-6-2)31(42)22-12-20(3)16-33(17-22,32(38)43)25(14-24-29(36)26(34)15-27(35)30(24)37)28(41)19-39-18-21-8-7-9-23(13-21)44-4/h7-9,12-13,15-16,25,28,39,41H,5-6,10-11,14,17-19H2,1-4H3,(H2,38,43)/t25-,28+,33?/m1/s1. The van der Waals surface area contributed by atoms with Crippen LogP contribution in [0.2, 0.25) is 0 Å². The molecule has 11 heteroatoms. The molecule has 240 valence electrons. The molecule has 0 aromatic heterocycles. The summed E-state index contributed by atoms with van der Waals surface area (Å²) < 4.78 is 63.7. The summed E-state index contributed by atoms with van der Waals surface area (Å²) in [4.78, 5) is 28.7. The zero-order valence-corrected chi connectivity index (χ0v) is 25.6. The minimum Gasteiger partial charge on any atom is -0.497 e. The Kier molecular flexibility index (Phi) is 12.1. The molecular formula is C33H41F4N3O4. The fourth-order valence-corrected chi connectivity index (χ4v) is 5.89. The molecule has 44 heavy (non-hydrogen) atoms. The molecule has 2 aromatic rings. The van der Waals surface area contributed by atoms with Gasteiger partial charge in [0.1, 0.15) is 5.75 Å². The van der Waals surface area contributed by atoms with Gasteiger partial charge in [0.25, 0.3) is 0 Å². The first-order chi connectivity index (χ1) is 20.9. The highest BCUT2D eigenvalue weighted by molar-refractivity contribution is 5.97. The molecule has 4 N–H and O–H groups in total. The van der Waals surface area contributed by atoms with E-state index in [0.29, 0.717) is 37.3 Å². The molecule has 1 unspecified atom stereocenters. The number of carbonyl (C=O) groups is 2. The average Bonchev–Trinajstić information content (AvgIpc) is 2.99. The van der Waals surface area contributed by atoms with Crippen LogP contribution >= 0.6 is 0 Å². The van der Waals surface area contributed by atoms with Gasteiger partial charge in [-0.15, -0.1) is 0 Å². The highest BCUT2D eigenvalue weighted by atomic mass is 19.2. The van der Waals surface area contributed by atoms with Gasteiger partial charge in [-0.1, -0.05) is 43.7 Å². The molecule has 0 bridgehead atoms.